The fraction of sp³-hybridized carbons (Fsp3) is 0.923. The number of nitrogens with one attached hydrogen (secondary N) is 3. The van der Waals surface area contributed by atoms with E-state index in [0.717, 1.165) is 25.5 Å². The molecule has 1 heterocycles. The Hall–Kier alpha value is 0.260. The van der Waals surface area contributed by atoms with Gasteiger partial charge in [0.25, 0.3) is 0 Å². The van der Waals surface area contributed by atoms with Crippen LogP contribution in [0.4, 0.5) is 0 Å². The molecule has 0 radical (unpaired) electrons. The third-order valence-electron chi connectivity index (χ3n) is 3.23. The predicted octanol–water partition coefficient (Wildman–Crippen LogP) is 1.38. The molecule has 1 rings (SSSR count). The van der Waals surface area contributed by atoms with E-state index >= 15 is 0 Å². The van der Waals surface area contributed by atoms with Gasteiger partial charge in [0.05, 0.1) is 12.8 Å². The van der Waals surface area contributed by atoms with Crippen LogP contribution in [0.1, 0.15) is 33.1 Å². The molecule has 1 saturated heterocycles. The van der Waals surface area contributed by atoms with Gasteiger partial charge < -0.3 is 10.6 Å². The summed E-state index contributed by atoms with van der Waals surface area (Å²) in [5, 5.41) is 6.46. The maximum absolute atomic E-state index is 10.9. The molecule has 1 aliphatic heterocycles. The molecule has 22 heavy (non-hydrogen) atoms. The number of sulfonamides is 1. The van der Waals surface area contributed by atoms with Crippen molar-refractivity contribution in [3.05, 3.63) is 0 Å². The molecular formula is C13H29IN4O2S2. The zero-order valence-electron chi connectivity index (χ0n) is 13.6. The van der Waals surface area contributed by atoms with Crippen molar-refractivity contribution in [2.75, 3.05) is 38.2 Å². The molecule has 132 valence electrons. The van der Waals surface area contributed by atoms with E-state index in [4.69, 9.17) is 0 Å². The van der Waals surface area contributed by atoms with Crippen molar-refractivity contribution in [3.63, 3.8) is 0 Å². The molecule has 0 spiro atoms. The van der Waals surface area contributed by atoms with Crippen molar-refractivity contribution in [1.29, 1.82) is 0 Å². The number of hydrogen-bond donors (Lipinski definition) is 3. The van der Waals surface area contributed by atoms with E-state index in [1.165, 1.54) is 24.9 Å². The van der Waals surface area contributed by atoms with Gasteiger partial charge in [-0.15, -0.1) is 24.0 Å². The van der Waals surface area contributed by atoms with Crippen LogP contribution < -0.4 is 15.4 Å². The molecule has 1 fully saturated rings. The first-order valence-electron chi connectivity index (χ1n) is 7.45. The highest BCUT2D eigenvalue weighted by Gasteiger charge is 2.29. The summed E-state index contributed by atoms with van der Waals surface area (Å²) in [5.74, 6) is 2.04. The minimum atomic E-state index is -3.09. The van der Waals surface area contributed by atoms with E-state index in [1.54, 1.807) is 0 Å². The molecule has 0 saturated carbocycles. The van der Waals surface area contributed by atoms with Gasteiger partial charge in [-0.1, -0.05) is 0 Å². The zero-order valence-corrected chi connectivity index (χ0v) is 17.6. The predicted molar refractivity (Wildman–Crippen MR) is 107 cm³/mol. The molecule has 0 amide bonds. The van der Waals surface area contributed by atoms with Crippen LogP contribution in [0, 0.1) is 0 Å². The first kappa shape index (κ1) is 22.3. The van der Waals surface area contributed by atoms with Crippen LogP contribution in [0.3, 0.4) is 0 Å². The molecule has 0 aliphatic carbocycles. The summed E-state index contributed by atoms with van der Waals surface area (Å²) in [6.45, 7) is 7.07. The maximum atomic E-state index is 10.9. The molecule has 1 atom stereocenters. The number of hydrogen-bond acceptors (Lipinski definition) is 4. The number of nitrogens with zero attached hydrogens (tertiary/aromatic N) is 1. The van der Waals surface area contributed by atoms with Crippen molar-refractivity contribution in [2.24, 2.45) is 4.99 Å². The summed E-state index contributed by atoms with van der Waals surface area (Å²) >= 11 is 2.00. The van der Waals surface area contributed by atoms with Crippen LogP contribution >= 0.6 is 35.7 Å². The molecule has 1 aliphatic rings. The van der Waals surface area contributed by atoms with Gasteiger partial charge in [-0.05, 0) is 38.9 Å². The van der Waals surface area contributed by atoms with Gasteiger partial charge in [0.15, 0.2) is 5.96 Å². The summed E-state index contributed by atoms with van der Waals surface area (Å²) in [7, 11) is -3.09. The average Bonchev–Trinajstić information content (AvgIpc) is 2.81. The Balaban J connectivity index is 0.00000441. The van der Waals surface area contributed by atoms with Crippen molar-refractivity contribution < 1.29 is 8.42 Å². The van der Waals surface area contributed by atoms with Gasteiger partial charge >= 0.3 is 0 Å². The number of aliphatic imine (C=N–C) groups is 1. The third kappa shape index (κ3) is 10.1. The Morgan fingerprint density at radius 1 is 1.32 bits per heavy atom. The molecule has 9 heteroatoms. The van der Waals surface area contributed by atoms with E-state index in [-0.39, 0.29) is 28.7 Å². The number of guanidine groups is 1. The topological polar surface area (TPSA) is 82.6 Å². The quantitative estimate of drug-likeness (QED) is 0.219. The van der Waals surface area contributed by atoms with Crippen LogP contribution in [0.25, 0.3) is 0 Å². The molecule has 3 N–H and O–H groups in total. The monoisotopic (exact) mass is 464 g/mol. The molecular weight excluding hydrogens is 435 g/mol. The molecule has 0 aromatic carbocycles. The van der Waals surface area contributed by atoms with Gasteiger partial charge in [0.2, 0.25) is 10.0 Å². The minimum Gasteiger partial charge on any atom is -0.357 e. The van der Waals surface area contributed by atoms with Gasteiger partial charge in [-0.25, -0.2) is 13.1 Å². The van der Waals surface area contributed by atoms with E-state index in [2.05, 4.69) is 27.3 Å². The largest absolute Gasteiger partial charge is 0.357 e. The Morgan fingerprint density at radius 2 is 2.05 bits per heavy atom. The molecule has 0 aromatic rings. The first-order valence-corrected chi connectivity index (χ1v) is 10.3. The highest BCUT2D eigenvalue weighted by molar-refractivity contribution is 14.0. The summed E-state index contributed by atoms with van der Waals surface area (Å²) < 4.78 is 24.6. The normalized spacial score (nSPS) is 22.2. The lowest BCUT2D eigenvalue weighted by atomic mass is 10.1. The van der Waals surface area contributed by atoms with Crippen molar-refractivity contribution in [2.45, 2.75) is 37.9 Å². The van der Waals surface area contributed by atoms with Crippen LogP contribution in [0.5, 0.6) is 0 Å². The SMILES string of the molecule is CCNC(=NCC1(C)CCCS1)NCCCNS(C)(=O)=O.I. The average molecular weight is 464 g/mol. The van der Waals surface area contributed by atoms with E-state index < -0.39 is 10.0 Å². The van der Waals surface area contributed by atoms with Gasteiger partial charge in [-0.3, -0.25) is 4.99 Å². The Bertz CT molecular complexity index is 437. The van der Waals surface area contributed by atoms with E-state index in [1.807, 2.05) is 18.7 Å². The van der Waals surface area contributed by atoms with Gasteiger partial charge in [0, 0.05) is 24.4 Å². The third-order valence-corrected chi connectivity index (χ3v) is 5.48. The molecule has 0 bridgehead atoms. The number of halogens is 1. The van der Waals surface area contributed by atoms with Crippen LogP contribution in [-0.4, -0.2) is 57.3 Å². The van der Waals surface area contributed by atoms with Gasteiger partial charge in [0.1, 0.15) is 0 Å². The first-order chi connectivity index (χ1) is 9.85. The smallest absolute Gasteiger partial charge is 0.208 e. The van der Waals surface area contributed by atoms with Gasteiger partial charge in [-0.2, -0.15) is 11.8 Å². The minimum absolute atomic E-state index is 0. The second-order valence-corrected chi connectivity index (χ2v) is 9.06. The fourth-order valence-corrected chi connectivity index (χ4v) is 3.84. The lowest BCUT2D eigenvalue weighted by Crippen LogP contribution is -2.39. The second-order valence-electron chi connectivity index (χ2n) is 5.54. The highest BCUT2D eigenvalue weighted by atomic mass is 127. The lowest BCUT2D eigenvalue weighted by Gasteiger charge is -2.21. The van der Waals surface area contributed by atoms with Crippen LogP contribution in [-0.2, 0) is 10.0 Å². The standard InChI is InChI=1S/C13H28N4O2S2.HI/c1-4-14-12(15-8-6-9-17-21(3,18)19)16-11-13(2)7-5-10-20-13;/h17H,4-11H2,1-3H3,(H2,14,15,16);1H. The zero-order chi connectivity index (χ0) is 15.8. The Kier molecular flexibility index (Phi) is 11.1. The van der Waals surface area contributed by atoms with E-state index in [0.29, 0.717) is 13.1 Å². The lowest BCUT2D eigenvalue weighted by molar-refractivity contribution is 0.584. The molecule has 0 aromatic heterocycles. The van der Waals surface area contributed by atoms with Crippen molar-refractivity contribution in [3.8, 4) is 0 Å². The molecule has 1 unspecified atom stereocenters. The highest BCUT2D eigenvalue weighted by Crippen LogP contribution is 2.37. The molecule has 6 nitrogen and oxygen atoms in total. The van der Waals surface area contributed by atoms with E-state index in [9.17, 15) is 8.42 Å². The Labute approximate surface area is 156 Å². The summed E-state index contributed by atoms with van der Waals surface area (Å²) in [6, 6.07) is 0. The number of thioether (sulfide) groups is 1. The fourth-order valence-electron chi connectivity index (χ4n) is 2.10. The van der Waals surface area contributed by atoms with Crippen LogP contribution in [0.2, 0.25) is 0 Å². The maximum Gasteiger partial charge on any atom is 0.208 e. The van der Waals surface area contributed by atoms with Crippen LogP contribution in [0.15, 0.2) is 4.99 Å². The second kappa shape index (κ2) is 10.9. The van der Waals surface area contributed by atoms with Crippen molar-refractivity contribution in [1.82, 2.24) is 15.4 Å². The van der Waals surface area contributed by atoms with Crippen molar-refractivity contribution >= 4 is 51.7 Å². The summed E-state index contributed by atoms with van der Waals surface area (Å²) in [4.78, 5) is 4.65. The number of rotatable bonds is 8. The summed E-state index contributed by atoms with van der Waals surface area (Å²) in [6.07, 6.45) is 4.39. The Morgan fingerprint density at radius 3 is 2.59 bits per heavy atom. The summed E-state index contributed by atoms with van der Waals surface area (Å²) in [5.41, 5.74) is 0.